The van der Waals surface area contributed by atoms with Gasteiger partial charge < -0.3 is 4.74 Å². The number of nitrogens with zero attached hydrogens (tertiary/aromatic N) is 1. The first-order chi connectivity index (χ1) is 10.3. The second-order valence-electron chi connectivity index (χ2n) is 5.56. The Morgan fingerprint density at radius 3 is 2.19 bits per heavy atom. The van der Waals surface area contributed by atoms with Gasteiger partial charge >= 0.3 is 5.97 Å². The number of hydrogen-bond donors (Lipinski definition) is 0. The molecule has 1 heterocycles. The highest BCUT2D eigenvalue weighted by molar-refractivity contribution is 5.88. The Morgan fingerprint density at radius 1 is 1.00 bits per heavy atom. The van der Waals surface area contributed by atoms with Crippen molar-refractivity contribution < 1.29 is 9.53 Å². The maximum absolute atomic E-state index is 11.6. The average Bonchev–Trinajstić information content (AvgIpc) is 2.53. The lowest BCUT2D eigenvalue weighted by Gasteiger charge is -2.05. The van der Waals surface area contributed by atoms with E-state index in [4.69, 9.17) is 4.74 Å². The van der Waals surface area contributed by atoms with Gasteiger partial charge in [-0.25, -0.2) is 4.79 Å². The van der Waals surface area contributed by atoms with Gasteiger partial charge in [0.1, 0.15) is 0 Å². The molecule has 0 saturated carbocycles. The summed E-state index contributed by atoms with van der Waals surface area (Å²) in [6.45, 7) is 2.77. The van der Waals surface area contributed by atoms with E-state index in [2.05, 4.69) is 11.9 Å². The van der Waals surface area contributed by atoms with Crippen molar-refractivity contribution in [2.24, 2.45) is 0 Å². The summed E-state index contributed by atoms with van der Waals surface area (Å²) < 4.78 is 5.22. The van der Waals surface area contributed by atoms with E-state index < -0.39 is 0 Å². The van der Waals surface area contributed by atoms with E-state index in [0.29, 0.717) is 12.2 Å². The maximum atomic E-state index is 11.6. The van der Waals surface area contributed by atoms with E-state index in [1.165, 1.54) is 51.4 Å². The smallest absolute Gasteiger partial charge is 0.339 e. The average molecular weight is 291 g/mol. The van der Waals surface area contributed by atoms with Crippen LogP contribution in [0.4, 0.5) is 0 Å². The van der Waals surface area contributed by atoms with E-state index in [1.54, 1.807) is 24.5 Å². The molecule has 0 spiro atoms. The molecule has 3 heteroatoms. The van der Waals surface area contributed by atoms with Crippen molar-refractivity contribution in [1.29, 1.82) is 0 Å². The summed E-state index contributed by atoms with van der Waals surface area (Å²) in [4.78, 5) is 15.6. The number of rotatable bonds is 12. The van der Waals surface area contributed by atoms with Crippen LogP contribution < -0.4 is 0 Å². The molecule has 0 aliphatic heterocycles. The van der Waals surface area contributed by atoms with E-state index in [9.17, 15) is 4.79 Å². The predicted molar refractivity (Wildman–Crippen MR) is 86.4 cm³/mol. The topological polar surface area (TPSA) is 39.2 Å². The molecule has 0 unspecified atom stereocenters. The molecule has 0 aliphatic carbocycles. The zero-order valence-electron chi connectivity index (χ0n) is 13.4. The van der Waals surface area contributed by atoms with Crippen LogP contribution in [0.3, 0.4) is 0 Å². The SMILES string of the molecule is CCCCCCCCCCCCOC(=O)c1cccnc1. The van der Waals surface area contributed by atoms with Crippen LogP contribution in [0.2, 0.25) is 0 Å². The third kappa shape index (κ3) is 9.22. The number of unbranched alkanes of at least 4 members (excludes halogenated alkanes) is 9. The lowest BCUT2D eigenvalue weighted by molar-refractivity contribution is 0.0497. The molecule has 0 atom stereocenters. The quantitative estimate of drug-likeness (QED) is 0.394. The zero-order valence-corrected chi connectivity index (χ0v) is 13.4. The van der Waals surface area contributed by atoms with Crippen LogP contribution in [-0.2, 0) is 4.74 Å². The van der Waals surface area contributed by atoms with Gasteiger partial charge in [-0.05, 0) is 18.6 Å². The van der Waals surface area contributed by atoms with Crippen molar-refractivity contribution in [3.63, 3.8) is 0 Å². The Balaban J connectivity index is 1.88. The Kier molecular flexibility index (Phi) is 10.4. The highest BCUT2D eigenvalue weighted by atomic mass is 16.5. The Morgan fingerprint density at radius 2 is 1.62 bits per heavy atom. The monoisotopic (exact) mass is 291 g/mol. The van der Waals surface area contributed by atoms with Crippen molar-refractivity contribution in [2.75, 3.05) is 6.61 Å². The number of aromatic nitrogens is 1. The molecule has 0 aromatic carbocycles. The van der Waals surface area contributed by atoms with Crippen LogP contribution in [0.25, 0.3) is 0 Å². The predicted octanol–water partition coefficient (Wildman–Crippen LogP) is 5.16. The second kappa shape index (κ2) is 12.4. The van der Waals surface area contributed by atoms with Gasteiger partial charge in [0.15, 0.2) is 0 Å². The van der Waals surface area contributed by atoms with Crippen LogP contribution in [0.1, 0.15) is 81.5 Å². The molecule has 118 valence electrons. The van der Waals surface area contributed by atoms with Gasteiger partial charge in [-0.1, -0.05) is 64.7 Å². The summed E-state index contributed by atoms with van der Waals surface area (Å²) in [6.07, 6.45) is 16.0. The third-order valence-electron chi connectivity index (χ3n) is 3.63. The fourth-order valence-electron chi connectivity index (χ4n) is 2.32. The standard InChI is InChI=1S/C18H29NO2/c1-2-3-4-5-6-7-8-9-10-11-15-21-18(20)17-13-12-14-19-16-17/h12-14,16H,2-11,15H2,1H3. The van der Waals surface area contributed by atoms with Crippen LogP contribution in [0.15, 0.2) is 24.5 Å². The molecule has 1 aromatic rings. The third-order valence-corrected chi connectivity index (χ3v) is 3.63. The molecule has 1 aromatic heterocycles. The number of carbonyl (C=O) groups is 1. The Labute approximate surface area is 129 Å². The van der Waals surface area contributed by atoms with Crippen LogP contribution >= 0.6 is 0 Å². The molecule has 1 rings (SSSR count). The zero-order chi connectivity index (χ0) is 15.2. The summed E-state index contributed by atoms with van der Waals surface area (Å²) >= 11 is 0. The van der Waals surface area contributed by atoms with E-state index in [-0.39, 0.29) is 5.97 Å². The van der Waals surface area contributed by atoms with Crippen molar-refractivity contribution in [2.45, 2.75) is 71.1 Å². The molecule has 21 heavy (non-hydrogen) atoms. The molecule has 3 nitrogen and oxygen atoms in total. The molecule has 0 saturated heterocycles. The molecule has 0 amide bonds. The summed E-state index contributed by atoms with van der Waals surface area (Å²) in [5.74, 6) is -0.265. The van der Waals surface area contributed by atoms with E-state index in [1.807, 2.05) is 0 Å². The van der Waals surface area contributed by atoms with Crippen LogP contribution in [0.5, 0.6) is 0 Å². The second-order valence-corrected chi connectivity index (χ2v) is 5.56. The normalized spacial score (nSPS) is 10.5. The van der Waals surface area contributed by atoms with Gasteiger partial charge in [0, 0.05) is 12.4 Å². The van der Waals surface area contributed by atoms with Gasteiger partial charge in [0.05, 0.1) is 12.2 Å². The first-order valence-electron chi connectivity index (χ1n) is 8.41. The number of carbonyl (C=O) groups excluding carboxylic acids is 1. The van der Waals surface area contributed by atoms with Crippen LogP contribution in [-0.4, -0.2) is 17.6 Å². The van der Waals surface area contributed by atoms with Crippen molar-refractivity contribution in [3.05, 3.63) is 30.1 Å². The minimum absolute atomic E-state index is 0.265. The Hall–Kier alpha value is -1.38. The van der Waals surface area contributed by atoms with Crippen molar-refractivity contribution >= 4 is 5.97 Å². The lowest BCUT2D eigenvalue weighted by atomic mass is 10.1. The summed E-state index contributed by atoms with van der Waals surface area (Å²) in [6, 6.07) is 3.48. The molecule has 0 bridgehead atoms. The number of esters is 1. The first-order valence-corrected chi connectivity index (χ1v) is 8.41. The number of hydrogen-bond acceptors (Lipinski definition) is 3. The van der Waals surface area contributed by atoms with Gasteiger partial charge in [0.2, 0.25) is 0 Å². The van der Waals surface area contributed by atoms with E-state index in [0.717, 1.165) is 12.8 Å². The maximum Gasteiger partial charge on any atom is 0.339 e. The van der Waals surface area contributed by atoms with Gasteiger partial charge in [-0.2, -0.15) is 0 Å². The van der Waals surface area contributed by atoms with Gasteiger partial charge in [-0.3, -0.25) is 4.98 Å². The fraction of sp³-hybridized carbons (Fsp3) is 0.667. The fourth-order valence-corrected chi connectivity index (χ4v) is 2.32. The van der Waals surface area contributed by atoms with Crippen molar-refractivity contribution in [3.8, 4) is 0 Å². The van der Waals surface area contributed by atoms with Gasteiger partial charge in [0.25, 0.3) is 0 Å². The van der Waals surface area contributed by atoms with Crippen molar-refractivity contribution in [1.82, 2.24) is 4.98 Å². The highest BCUT2D eigenvalue weighted by Crippen LogP contribution is 2.10. The summed E-state index contributed by atoms with van der Waals surface area (Å²) in [5, 5.41) is 0. The van der Waals surface area contributed by atoms with Gasteiger partial charge in [-0.15, -0.1) is 0 Å². The van der Waals surface area contributed by atoms with Crippen LogP contribution in [0, 0.1) is 0 Å². The first kappa shape index (κ1) is 17.7. The van der Waals surface area contributed by atoms with E-state index >= 15 is 0 Å². The molecular weight excluding hydrogens is 262 g/mol. The number of ether oxygens (including phenoxy) is 1. The molecular formula is C18H29NO2. The number of pyridine rings is 1. The summed E-state index contributed by atoms with van der Waals surface area (Å²) in [7, 11) is 0. The lowest BCUT2D eigenvalue weighted by Crippen LogP contribution is -2.06. The Bertz CT molecular complexity index is 365. The minimum Gasteiger partial charge on any atom is -0.462 e. The molecule has 0 aliphatic rings. The summed E-state index contributed by atoms with van der Waals surface area (Å²) in [5.41, 5.74) is 0.532. The molecule has 0 N–H and O–H groups in total. The molecule has 0 fully saturated rings. The largest absolute Gasteiger partial charge is 0.462 e. The highest BCUT2D eigenvalue weighted by Gasteiger charge is 2.05. The minimum atomic E-state index is -0.265. The molecule has 0 radical (unpaired) electrons.